The maximum absolute atomic E-state index is 12.9. The zero-order valence-electron chi connectivity index (χ0n) is 14.8. The van der Waals surface area contributed by atoms with Crippen molar-refractivity contribution < 1.29 is 4.79 Å². The summed E-state index contributed by atoms with van der Waals surface area (Å²) in [5.74, 6) is -0.336. The zero-order chi connectivity index (χ0) is 18.5. The standard InChI is InChI=1S/C20H21N3O2S/c1-14-9-11-23(15(2)16-6-4-3-5-7-16)20(25)18(14)19(24)21-10-8-17-12-26-13-22-17/h3-7,9,11-13,15H,8,10H2,1-2H3,(H,21,24). The van der Waals surface area contributed by atoms with Crippen LogP contribution in [0.25, 0.3) is 0 Å². The lowest BCUT2D eigenvalue weighted by atomic mass is 10.1. The molecule has 2 heterocycles. The molecule has 1 amide bonds. The molecule has 134 valence electrons. The summed E-state index contributed by atoms with van der Waals surface area (Å²) in [5.41, 5.74) is 4.34. The fourth-order valence-electron chi connectivity index (χ4n) is 2.87. The van der Waals surface area contributed by atoms with Crippen molar-refractivity contribution in [3.05, 3.63) is 86.2 Å². The molecule has 0 aliphatic rings. The smallest absolute Gasteiger partial charge is 0.264 e. The summed E-state index contributed by atoms with van der Waals surface area (Å²) in [6, 6.07) is 11.4. The van der Waals surface area contributed by atoms with Crippen LogP contribution >= 0.6 is 11.3 Å². The van der Waals surface area contributed by atoms with Crippen LogP contribution in [0.5, 0.6) is 0 Å². The van der Waals surface area contributed by atoms with Gasteiger partial charge in [-0.15, -0.1) is 11.3 Å². The number of nitrogens with one attached hydrogen (secondary N) is 1. The largest absolute Gasteiger partial charge is 0.351 e. The van der Waals surface area contributed by atoms with Gasteiger partial charge in [-0.2, -0.15) is 0 Å². The molecule has 0 aliphatic heterocycles. The van der Waals surface area contributed by atoms with Gasteiger partial charge in [-0.25, -0.2) is 4.98 Å². The first kappa shape index (κ1) is 18.1. The first-order chi connectivity index (χ1) is 12.6. The Balaban J connectivity index is 1.80. The average Bonchev–Trinajstić information content (AvgIpc) is 3.15. The molecule has 0 fully saturated rings. The highest BCUT2D eigenvalue weighted by Crippen LogP contribution is 2.16. The molecule has 2 aromatic heterocycles. The van der Waals surface area contributed by atoms with Gasteiger partial charge in [0, 0.05) is 24.5 Å². The minimum absolute atomic E-state index is 0.147. The number of aromatic nitrogens is 2. The second kappa shape index (κ2) is 8.10. The number of benzene rings is 1. The van der Waals surface area contributed by atoms with Crippen molar-refractivity contribution in [2.24, 2.45) is 0 Å². The van der Waals surface area contributed by atoms with Gasteiger partial charge in [0.25, 0.3) is 11.5 Å². The van der Waals surface area contributed by atoms with Gasteiger partial charge in [-0.05, 0) is 31.0 Å². The van der Waals surface area contributed by atoms with Gasteiger partial charge in [0.1, 0.15) is 5.56 Å². The van der Waals surface area contributed by atoms with Crippen LogP contribution in [0.3, 0.4) is 0 Å². The predicted molar refractivity (Wildman–Crippen MR) is 104 cm³/mol. The number of aryl methyl sites for hydroxylation is 1. The summed E-state index contributed by atoms with van der Waals surface area (Å²) in [6.07, 6.45) is 2.40. The number of pyridine rings is 1. The summed E-state index contributed by atoms with van der Waals surface area (Å²) in [7, 11) is 0. The van der Waals surface area contributed by atoms with E-state index in [0.29, 0.717) is 18.5 Å². The van der Waals surface area contributed by atoms with E-state index >= 15 is 0 Å². The summed E-state index contributed by atoms with van der Waals surface area (Å²) in [6.45, 7) is 4.19. The molecule has 1 atom stereocenters. The van der Waals surface area contributed by atoms with Gasteiger partial charge in [0.15, 0.2) is 0 Å². The topological polar surface area (TPSA) is 64.0 Å². The number of hydrogen-bond acceptors (Lipinski definition) is 4. The Hall–Kier alpha value is -2.73. The lowest BCUT2D eigenvalue weighted by Crippen LogP contribution is -2.36. The summed E-state index contributed by atoms with van der Waals surface area (Å²) < 4.78 is 1.61. The van der Waals surface area contributed by atoms with Gasteiger partial charge >= 0.3 is 0 Å². The number of amides is 1. The van der Waals surface area contributed by atoms with Crippen molar-refractivity contribution in [3.8, 4) is 0 Å². The molecule has 0 aliphatic carbocycles. The molecule has 6 heteroatoms. The molecule has 0 saturated heterocycles. The van der Waals surface area contributed by atoms with E-state index in [1.165, 1.54) is 11.3 Å². The Morgan fingerprint density at radius 3 is 2.73 bits per heavy atom. The fourth-order valence-corrected chi connectivity index (χ4v) is 3.46. The molecule has 1 N–H and O–H groups in total. The molecular formula is C20H21N3O2S. The van der Waals surface area contributed by atoms with E-state index in [0.717, 1.165) is 11.3 Å². The quantitative estimate of drug-likeness (QED) is 0.728. The Labute approximate surface area is 156 Å². The van der Waals surface area contributed by atoms with E-state index < -0.39 is 0 Å². The van der Waals surface area contributed by atoms with Gasteiger partial charge in [-0.3, -0.25) is 9.59 Å². The Morgan fingerprint density at radius 2 is 2.04 bits per heavy atom. The first-order valence-corrected chi connectivity index (χ1v) is 9.44. The van der Waals surface area contributed by atoms with E-state index in [2.05, 4.69) is 10.3 Å². The Morgan fingerprint density at radius 1 is 1.27 bits per heavy atom. The number of thiazole rings is 1. The van der Waals surface area contributed by atoms with Gasteiger partial charge in [-0.1, -0.05) is 30.3 Å². The van der Waals surface area contributed by atoms with E-state index in [-0.39, 0.29) is 23.1 Å². The van der Waals surface area contributed by atoms with Gasteiger partial charge in [0.2, 0.25) is 0 Å². The minimum atomic E-state index is -0.336. The lowest BCUT2D eigenvalue weighted by Gasteiger charge is -2.17. The summed E-state index contributed by atoms with van der Waals surface area (Å²) >= 11 is 1.53. The van der Waals surface area contributed by atoms with E-state index in [1.807, 2.05) is 48.7 Å². The van der Waals surface area contributed by atoms with Crippen LogP contribution in [0.4, 0.5) is 0 Å². The Bertz CT molecular complexity index is 933. The lowest BCUT2D eigenvalue weighted by molar-refractivity contribution is 0.0951. The van der Waals surface area contributed by atoms with Crippen molar-refractivity contribution >= 4 is 17.2 Å². The van der Waals surface area contributed by atoms with Crippen molar-refractivity contribution in [2.45, 2.75) is 26.3 Å². The van der Waals surface area contributed by atoms with Crippen molar-refractivity contribution in [1.82, 2.24) is 14.9 Å². The number of nitrogens with zero attached hydrogens (tertiary/aromatic N) is 2. The molecule has 1 aromatic carbocycles. The van der Waals surface area contributed by atoms with Crippen LogP contribution in [0.2, 0.25) is 0 Å². The Kier molecular flexibility index (Phi) is 5.63. The third-order valence-electron chi connectivity index (χ3n) is 4.40. The van der Waals surface area contributed by atoms with Crippen LogP contribution in [-0.4, -0.2) is 22.0 Å². The van der Waals surface area contributed by atoms with Crippen molar-refractivity contribution in [1.29, 1.82) is 0 Å². The van der Waals surface area contributed by atoms with Crippen LogP contribution in [0.1, 0.15) is 40.1 Å². The van der Waals surface area contributed by atoms with Gasteiger partial charge < -0.3 is 9.88 Å². The second-order valence-corrected chi connectivity index (χ2v) is 6.88. The minimum Gasteiger partial charge on any atom is -0.351 e. The summed E-state index contributed by atoms with van der Waals surface area (Å²) in [4.78, 5) is 29.7. The second-order valence-electron chi connectivity index (χ2n) is 6.16. The summed E-state index contributed by atoms with van der Waals surface area (Å²) in [5, 5.41) is 4.79. The maximum Gasteiger partial charge on any atom is 0.264 e. The average molecular weight is 367 g/mol. The molecule has 0 saturated carbocycles. The highest BCUT2D eigenvalue weighted by atomic mass is 32.1. The number of carbonyl (C=O) groups is 1. The maximum atomic E-state index is 12.9. The van der Waals surface area contributed by atoms with E-state index in [1.54, 1.807) is 23.2 Å². The fraction of sp³-hybridized carbons (Fsp3) is 0.250. The molecule has 26 heavy (non-hydrogen) atoms. The molecule has 0 bridgehead atoms. The molecule has 0 radical (unpaired) electrons. The first-order valence-electron chi connectivity index (χ1n) is 8.50. The van der Waals surface area contributed by atoms with Crippen molar-refractivity contribution in [3.63, 3.8) is 0 Å². The molecule has 3 aromatic rings. The normalized spacial score (nSPS) is 11.9. The van der Waals surface area contributed by atoms with Crippen LogP contribution in [0, 0.1) is 6.92 Å². The van der Waals surface area contributed by atoms with E-state index in [4.69, 9.17) is 0 Å². The van der Waals surface area contributed by atoms with Crippen LogP contribution < -0.4 is 10.9 Å². The van der Waals surface area contributed by atoms with Gasteiger partial charge in [0.05, 0.1) is 17.2 Å². The zero-order valence-corrected chi connectivity index (χ0v) is 15.6. The van der Waals surface area contributed by atoms with E-state index in [9.17, 15) is 9.59 Å². The highest BCUT2D eigenvalue weighted by molar-refractivity contribution is 7.07. The van der Waals surface area contributed by atoms with Crippen LogP contribution in [0.15, 0.2) is 58.3 Å². The van der Waals surface area contributed by atoms with Crippen molar-refractivity contribution in [2.75, 3.05) is 6.54 Å². The van der Waals surface area contributed by atoms with Crippen LogP contribution in [-0.2, 0) is 6.42 Å². The molecule has 3 rings (SSSR count). The number of hydrogen-bond donors (Lipinski definition) is 1. The molecule has 1 unspecified atom stereocenters. The highest BCUT2D eigenvalue weighted by Gasteiger charge is 2.18. The third-order valence-corrected chi connectivity index (χ3v) is 5.04. The number of carbonyl (C=O) groups excluding carboxylic acids is 1. The molecule has 0 spiro atoms. The number of rotatable bonds is 6. The molecular weight excluding hydrogens is 346 g/mol. The predicted octanol–water partition coefficient (Wildman–Crippen LogP) is 3.20. The SMILES string of the molecule is Cc1ccn(C(C)c2ccccc2)c(=O)c1C(=O)NCCc1cscn1. The monoisotopic (exact) mass is 367 g/mol. The third kappa shape index (κ3) is 3.91. The molecule has 5 nitrogen and oxygen atoms in total.